The molecule has 2 heterocycles. The van der Waals surface area contributed by atoms with Crippen LogP contribution in [0.4, 0.5) is 0 Å². The average molecular weight is 324 g/mol. The molecule has 24 heavy (non-hydrogen) atoms. The second kappa shape index (κ2) is 6.53. The molecule has 1 aromatic heterocycles. The third-order valence-electron chi connectivity index (χ3n) is 4.29. The zero-order valence-electron chi connectivity index (χ0n) is 13.4. The third kappa shape index (κ3) is 2.83. The smallest absolute Gasteiger partial charge is 0.163 e. The first-order valence-corrected chi connectivity index (χ1v) is 8.28. The van der Waals surface area contributed by atoms with E-state index in [2.05, 4.69) is 28.8 Å². The van der Waals surface area contributed by atoms with E-state index in [1.54, 1.807) is 0 Å². The van der Waals surface area contributed by atoms with Crippen molar-refractivity contribution in [3.05, 3.63) is 53.9 Å². The summed E-state index contributed by atoms with van der Waals surface area (Å²) < 4.78 is 13.4. The van der Waals surface area contributed by atoms with E-state index in [1.807, 2.05) is 18.2 Å². The summed E-state index contributed by atoms with van der Waals surface area (Å²) in [5.41, 5.74) is 3.15. The third-order valence-corrected chi connectivity index (χ3v) is 4.29. The van der Waals surface area contributed by atoms with Crippen LogP contribution in [0.15, 0.2) is 42.5 Å². The topological polar surface area (TPSA) is 56.5 Å². The summed E-state index contributed by atoms with van der Waals surface area (Å²) in [6.07, 6.45) is 1.74. The Labute approximate surface area is 140 Å². The lowest BCUT2D eigenvalue weighted by molar-refractivity contribution is 0.172. The minimum atomic E-state index is 0.0816. The quantitative estimate of drug-likeness (QED) is 0.784. The van der Waals surface area contributed by atoms with Gasteiger partial charge in [-0.25, -0.2) is 4.98 Å². The Morgan fingerprint density at radius 2 is 1.75 bits per heavy atom. The summed E-state index contributed by atoms with van der Waals surface area (Å²) in [7, 11) is 0. The van der Waals surface area contributed by atoms with Crippen molar-refractivity contribution in [1.29, 1.82) is 0 Å². The molecule has 0 amide bonds. The molecule has 0 aliphatic carbocycles. The van der Waals surface area contributed by atoms with Gasteiger partial charge in [0.1, 0.15) is 19.0 Å². The van der Waals surface area contributed by atoms with Gasteiger partial charge in [-0.3, -0.25) is 0 Å². The number of ether oxygens (including phenoxy) is 2. The van der Waals surface area contributed by atoms with E-state index in [9.17, 15) is 5.11 Å². The van der Waals surface area contributed by atoms with Gasteiger partial charge in [-0.1, -0.05) is 30.3 Å². The van der Waals surface area contributed by atoms with E-state index in [4.69, 9.17) is 14.5 Å². The number of aryl methyl sites for hydroxylation is 2. The van der Waals surface area contributed by atoms with Crippen molar-refractivity contribution in [2.24, 2.45) is 0 Å². The SMILES string of the molecule is OCCn1c(CCc2ccccc2)nc2cc3c(cc21)OCCO3. The van der Waals surface area contributed by atoms with E-state index in [-0.39, 0.29) is 6.61 Å². The average Bonchev–Trinajstić information content (AvgIpc) is 2.96. The summed E-state index contributed by atoms with van der Waals surface area (Å²) in [6.45, 7) is 1.74. The van der Waals surface area contributed by atoms with E-state index in [0.717, 1.165) is 41.2 Å². The Bertz CT molecular complexity index is 843. The fourth-order valence-electron chi connectivity index (χ4n) is 3.15. The monoisotopic (exact) mass is 324 g/mol. The number of hydrogen-bond acceptors (Lipinski definition) is 4. The molecule has 0 radical (unpaired) electrons. The van der Waals surface area contributed by atoms with Gasteiger partial charge in [0.25, 0.3) is 0 Å². The van der Waals surface area contributed by atoms with Gasteiger partial charge in [0.15, 0.2) is 11.5 Å². The standard InChI is InChI=1S/C19H20N2O3/c22-9-8-21-16-13-18-17(23-10-11-24-18)12-15(16)20-19(21)7-6-14-4-2-1-3-5-14/h1-5,12-13,22H,6-11H2. The van der Waals surface area contributed by atoms with Crippen molar-refractivity contribution in [3.63, 3.8) is 0 Å². The Kier molecular flexibility index (Phi) is 4.09. The Morgan fingerprint density at radius 1 is 1.00 bits per heavy atom. The molecule has 3 aromatic rings. The molecule has 1 aliphatic heterocycles. The first-order chi connectivity index (χ1) is 11.8. The van der Waals surface area contributed by atoms with Gasteiger partial charge in [-0.05, 0) is 12.0 Å². The van der Waals surface area contributed by atoms with Crippen LogP contribution in [0.2, 0.25) is 0 Å². The number of fused-ring (bicyclic) bond motifs is 2. The minimum absolute atomic E-state index is 0.0816. The van der Waals surface area contributed by atoms with Crippen LogP contribution >= 0.6 is 0 Å². The van der Waals surface area contributed by atoms with Gasteiger partial charge in [0.2, 0.25) is 0 Å². The van der Waals surface area contributed by atoms with E-state index >= 15 is 0 Å². The fraction of sp³-hybridized carbons (Fsp3) is 0.316. The summed E-state index contributed by atoms with van der Waals surface area (Å²) >= 11 is 0. The number of nitrogens with zero attached hydrogens (tertiary/aromatic N) is 2. The maximum atomic E-state index is 9.44. The van der Waals surface area contributed by atoms with Crippen LogP contribution in [0.1, 0.15) is 11.4 Å². The molecule has 0 fully saturated rings. The van der Waals surface area contributed by atoms with E-state index in [1.165, 1.54) is 5.56 Å². The molecule has 0 saturated heterocycles. The van der Waals surface area contributed by atoms with Crippen LogP contribution in [0.5, 0.6) is 11.5 Å². The number of imidazole rings is 1. The van der Waals surface area contributed by atoms with E-state index in [0.29, 0.717) is 19.8 Å². The molecule has 4 rings (SSSR count). The molecular formula is C19H20N2O3. The normalized spacial score (nSPS) is 13.4. The first kappa shape index (κ1) is 15.0. The summed E-state index contributed by atoms with van der Waals surface area (Å²) in [5, 5.41) is 9.44. The Morgan fingerprint density at radius 3 is 2.50 bits per heavy atom. The van der Waals surface area contributed by atoms with Crippen molar-refractivity contribution >= 4 is 11.0 Å². The van der Waals surface area contributed by atoms with Crippen LogP contribution in [0.25, 0.3) is 11.0 Å². The number of aliphatic hydroxyl groups excluding tert-OH is 1. The van der Waals surface area contributed by atoms with Crippen LogP contribution in [-0.4, -0.2) is 34.5 Å². The van der Waals surface area contributed by atoms with Gasteiger partial charge >= 0.3 is 0 Å². The Hall–Kier alpha value is -2.53. The molecule has 124 valence electrons. The second-order valence-corrected chi connectivity index (χ2v) is 5.87. The van der Waals surface area contributed by atoms with Crippen LogP contribution in [-0.2, 0) is 19.4 Å². The molecular weight excluding hydrogens is 304 g/mol. The highest BCUT2D eigenvalue weighted by atomic mass is 16.6. The maximum absolute atomic E-state index is 9.44. The number of hydrogen-bond donors (Lipinski definition) is 1. The molecule has 2 aromatic carbocycles. The molecule has 5 nitrogen and oxygen atoms in total. The molecule has 0 saturated carbocycles. The van der Waals surface area contributed by atoms with Crippen molar-refractivity contribution < 1.29 is 14.6 Å². The summed E-state index contributed by atoms with van der Waals surface area (Å²) in [6, 6.07) is 14.3. The fourth-order valence-corrected chi connectivity index (χ4v) is 3.15. The minimum Gasteiger partial charge on any atom is -0.486 e. The lowest BCUT2D eigenvalue weighted by Crippen LogP contribution is -2.15. The molecule has 1 aliphatic rings. The zero-order valence-corrected chi connectivity index (χ0v) is 13.4. The second-order valence-electron chi connectivity index (χ2n) is 5.87. The number of aliphatic hydroxyl groups is 1. The van der Waals surface area contributed by atoms with Crippen molar-refractivity contribution in [2.45, 2.75) is 19.4 Å². The van der Waals surface area contributed by atoms with Gasteiger partial charge in [-0.15, -0.1) is 0 Å². The largest absolute Gasteiger partial charge is 0.486 e. The predicted molar refractivity (Wildman–Crippen MR) is 91.7 cm³/mol. The van der Waals surface area contributed by atoms with Gasteiger partial charge in [0, 0.05) is 25.1 Å². The number of aromatic nitrogens is 2. The van der Waals surface area contributed by atoms with Crippen molar-refractivity contribution in [3.8, 4) is 11.5 Å². The molecule has 0 spiro atoms. The van der Waals surface area contributed by atoms with Crippen LogP contribution in [0.3, 0.4) is 0 Å². The number of rotatable bonds is 5. The highest BCUT2D eigenvalue weighted by Crippen LogP contribution is 2.34. The maximum Gasteiger partial charge on any atom is 0.163 e. The zero-order chi connectivity index (χ0) is 16.4. The predicted octanol–water partition coefficient (Wildman–Crippen LogP) is 2.59. The molecule has 0 atom stereocenters. The molecule has 5 heteroatoms. The molecule has 0 bridgehead atoms. The van der Waals surface area contributed by atoms with Gasteiger partial charge in [0.05, 0.1) is 17.6 Å². The molecule has 1 N–H and O–H groups in total. The lowest BCUT2D eigenvalue weighted by Gasteiger charge is -2.18. The summed E-state index contributed by atoms with van der Waals surface area (Å²) in [5.74, 6) is 2.48. The summed E-state index contributed by atoms with van der Waals surface area (Å²) in [4.78, 5) is 4.77. The van der Waals surface area contributed by atoms with Gasteiger partial charge in [-0.2, -0.15) is 0 Å². The Balaban J connectivity index is 1.69. The highest BCUT2D eigenvalue weighted by Gasteiger charge is 2.17. The molecule has 0 unspecified atom stereocenters. The first-order valence-electron chi connectivity index (χ1n) is 8.28. The lowest BCUT2D eigenvalue weighted by atomic mass is 10.1. The van der Waals surface area contributed by atoms with Crippen LogP contribution < -0.4 is 9.47 Å². The van der Waals surface area contributed by atoms with E-state index < -0.39 is 0 Å². The van der Waals surface area contributed by atoms with Crippen molar-refractivity contribution in [1.82, 2.24) is 9.55 Å². The number of benzene rings is 2. The highest BCUT2D eigenvalue weighted by molar-refractivity contribution is 5.80. The van der Waals surface area contributed by atoms with Crippen molar-refractivity contribution in [2.75, 3.05) is 19.8 Å². The van der Waals surface area contributed by atoms with Crippen LogP contribution in [0, 0.1) is 0 Å². The van der Waals surface area contributed by atoms with Gasteiger partial charge < -0.3 is 19.1 Å².